The van der Waals surface area contributed by atoms with Gasteiger partial charge in [-0.05, 0) is 24.3 Å². The number of nitrogen functional groups attached to an aromatic ring is 1. The highest BCUT2D eigenvalue weighted by molar-refractivity contribution is 6.30. The molecule has 2 aromatic carbocycles. The molecule has 0 aliphatic carbocycles. The summed E-state index contributed by atoms with van der Waals surface area (Å²) in [5.41, 5.74) is 5.57. The number of carbonyl (C=O) groups excluding carboxylic acids is 2. The molecule has 0 saturated heterocycles. The van der Waals surface area contributed by atoms with Gasteiger partial charge in [-0.2, -0.15) is 0 Å². The van der Waals surface area contributed by atoms with E-state index in [-0.39, 0.29) is 16.9 Å². The van der Waals surface area contributed by atoms with Crippen molar-refractivity contribution in [3.8, 4) is 0 Å². The van der Waals surface area contributed by atoms with Crippen LogP contribution in [0.5, 0.6) is 0 Å². The minimum atomic E-state index is -0.933. The molecule has 0 aliphatic heterocycles. The summed E-state index contributed by atoms with van der Waals surface area (Å²) in [6.45, 7) is -0.576. The van der Waals surface area contributed by atoms with Crippen molar-refractivity contribution in [2.75, 3.05) is 17.7 Å². The fraction of sp³-hybridized carbons (Fsp3) is 0.0667. The Balaban J connectivity index is 1.99. The van der Waals surface area contributed by atoms with Gasteiger partial charge in [-0.3, -0.25) is 14.9 Å². The molecule has 124 valence electrons. The number of halogens is 1. The molecular formula is C15H12ClN3O5. The summed E-state index contributed by atoms with van der Waals surface area (Å²) >= 11 is 5.79. The van der Waals surface area contributed by atoms with Crippen LogP contribution in [0.15, 0.2) is 42.5 Å². The number of anilines is 2. The average Bonchev–Trinajstić information content (AvgIpc) is 2.52. The Labute approximate surface area is 141 Å². The first-order valence-corrected chi connectivity index (χ1v) is 7.01. The fourth-order valence-electron chi connectivity index (χ4n) is 1.81. The summed E-state index contributed by atoms with van der Waals surface area (Å²) < 4.78 is 4.82. The number of ether oxygens (including phenoxy) is 1. The number of nitrogens with zero attached hydrogens (tertiary/aromatic N) is 1. The Morgan fingerprint density at radius 3 is 2.67 bits per heavy atom. The van der Waals surface area contributed by atoms with Crippen LogP contribution >= 0.6 is 11.6 Å². The van der Waals surface area contributed by atoms with Gasteiger partial charge in [0, 0.05) is 28.5 Å². The molecule has 2 aromatic rings. The van der Waals surface area contributed by atoms with Crippen molar-refractivity contribution < 1.29 is 19.2 Å². The van der Waals surface area contributed by atoms with Gasteiger partial charge in [-0.1, -0.05) is 17.7 Å². The molecule has 3 N–H and O–H groups in total. The molecule has 0 heterocycles. The number of nitro benzene ring substituents is 1. The van der Waals surface area contributed by atoms with Crippen LogP contribution in [0.3, 0.4) is 0 Å². The van der Waals surface area contributed by atoms with Crippen LogP contribution in [-0.2, 0) is 9.53 Å². The van der Waals surface area contributed by atoms with E-state index in [1.54, 1.807) is 18.2 Å². The van der Waals surface area contributed by atoms with Crippen LogP contribution in [0.2, 0.25) is 5.02 Å². The smallest absolute Gasteiger partial charge is 0.341 e. The first-order chi connectivity index (χ1) is 11.4. The fourth-order valence-corrected chi connectivity index (χ4v) is 2.00. The summed E-state index contributed by atoms with van der Waals surface area (Å²) in [6, 6.07) is 9.81. The van der Waals surface area contributed by atoms with Gasteiger partial charge < -0.3 is 15.8 Å². The predicted molar refractivity (Wildman–Crippen MR) is 87.9 cm³/mol. The average molecular weight is 350 g/mol. The molecule has 0 fully saturated rings. The van der Waals surface area contributed by atoms with E-state index in [0.29, 0.717) is 10.7 Å². The summed E-state index contributed by atoms with van der Waals surface area (Å²) in [5, 5.41) is 13.7. The summed E-state index contributed by atoms with van der Waals surface area (Å²) in [4.78, 5) is 33.7. The second kappa shape index (κ2) is 7.42. The van der Waals surface area contributed by atoms with Crippen molar-refractivity contribution >= 4 is 40.5 Å². The van der Waals surface area contributed by atoms with E-state index in [1.807, 2.05) is 0 Å². The van der Waals surface area contributed by atoms with E-state index in [0.717, 1.165) is 12.1 Å². The van der Waals surface area contributed by atoms with Crippen LogP contribution in [-0.4, -0.2) is 23.4 Å². The highest BCUT2D eigenvalue weighted by Crippen LogP contribution is 2.20. The van der Waals surface area contributed by atoms with Crippen molar-refractivity contribution in [2.45, 2.75) is 0 Å². The van der Waals surface area contributed by atoms with Crippen molar-refractivity contribution in [2.24, 2.45) is 0 Å². The normalized spacial score (nSPS) is 10.0. The third-order valence-electron chi connectivity index (χ3n) is 2.91. The van der Waals surface area contributed by atoms with Gasteiger partial charge in [0.15, 0.2) is 6.61 Å². The van der Waals surface area contributed by atoms with Gasteiger partial charge in [0.2, 0.25) is 0 Å². The van der Waals surface area contributed by atoms with E-state index in [2.05, 4.69) is 5.32 Å². The molecule has 0 radical (unpaired) electrons. The maximum absolute atomic E-state index is 11.9. The molecule has 0 unspecified atom stereocenters. The second-order valence-electron chi connectivity index (χ2n) is 4.66. The highest BCUT2D eigenvalue weighted by Gasteiger charge is 2.17. The second-order valence-corrected chi connectivity index (χ2v) is 5.10. The highest BCUT2D eigenvalue weighted by atomic mass is 35.5. The van der Waals surface area contributed by atoms with E-state index in [9.17, 15) is 19.7 Å². The van der Waals surface area contributed by atoms with E-state index in [4.69, 9.17) is 22.1 Å². The Morgan fingerprint density at radius 1 is 1.25 bits per heavy atom. The first-order valence-electron chi connectivity index (χ1n) is 6.63. The molecule has 0 atom stereocenters. The zero-order valence-corrected chi connectivity index (χ0v) is 12.9. The largest absolute Gasteiger partial charge is 0.452 e. The molecule has 0 saturated carbocycles. The zero-order valence-electron chi connectivity index (χ0n) is 12.2. The molecule has 0 aliphatic rings. The van der Waals surface area contributed by atoms with Gasteiger partial charge in [0.1, 0.15) is 0 Å². The lowest BCUT2D eigenvalue weighted by Gasteiger charge is -2.08. The van der Waals surface area contributed by atoms with Gasteiger partial charge in [-0.25, -0.2) is 4.79 Å². The van der Waals surface area contributed by atoms with E-state index in [1.165, 1.54) is 12.1 Å². The third-order valence-corrected chi connectivity index (χ3v) is 3.15. The molecule has 0 spiro atoms. The lowest BCUT2D eigenvalue weighted by molar-refractivity contribution is -0.384. The van der Waals surface area contributed by atoms with Crippen molar-refractivity contribution in [1.29, 1.82) is 0 Å². The van der Waals surface area contributed by atoms with Crippen molar-refractivity contribution in [3.05, 3.63) is 63.2 Å². The van der Waals surface area contributed by atoms with Crippen LogP contribution in [0, 0.1) is 10.1 Å². The number of carbonyl (C=O) groups is 2. The quantitative estimate of drug-likeness (QED) is 0.370. The number of non-ortho nitro benzene ring substituents is 1. The predicted octanol–water partition coefficient (Wildman–Crippen LogP) is 2.63. The van der Waals surface area contributed by atoms with Crippen molar-refractivity contribution in [1.82, 2.24) is 0 Å². The molecule has 8 nitrogen and oxygen atoms in total. The molecule has 1 amide bonds. The van der Waals surface area contributed by atoms with Gasteiger partial charge >= 0.3 is 5.97 Å². The third kappa shape index (κ3) is 4.43. The number of rotatable bonds is 5. The zero-order chi connectivity index (χ0) is 17.7. The lowest BCUT2D eigenvalue weighted by Crippen LogP contribution is -2.21. The maximum Gasteiger partial charge on any atom is 0.341 e. The molecule has 24 heavy (non-hydrogen) atoms. The lowest BCUT2D eigenvalue weighted by atomic mass is 10.1. The summed E-state index contributed by atoms with van der Waals surface area (Å²) in [6.07, 6.45) is 0. The number of hydrogen-bond acceptors (Lipinski definition) is 6. The number of nitrogens with two attached hydrogens (primary N) is 1. The Kier molecular flexibility index (Phi) is 5.33. The number of esters is 1. The molecular weight excluding hydrogens is 338 g/mol. The van der Waals surface area contributed by atoms with Crippen LogP contribution in [0.1, 0.15) is 10.4 Å². The number of nitrogens with one attached hydrogen (secondary N) is 1. The Hall–Kier alpha value is -3.13. The van der Waals surface area contributed by atoms with Crippen molar-refractivity contribution in [3.63, 3.8) is 0 Å². The topological polar surface area (TPSA) is 125 Å². The van der Waals surface area contributed by atoms with Crippen LogP contribution < -0.4 is 11.1 Å². The number of amides is 1. The minimum Gasteiger partial charge on any atom is -0.452 e. The van der Waals surface area contributed by atoms with Crippen LogP contribution in [0.4, 0.5) is 17.1 Å². The van der Waals surface area contributed by atoms with Crippen LogP contribution in [0.25, 0.3) is 0 Å². The summed E-state index contributed by atoms with van der Waals surface area (Å²) in [7, 11) is 0. The molecule has 9 heteroatoms. The van der Waals surface area contributed by atoms with E-state index < -0.39 is 23.4 Å². The minimum absolute atomic E-state index is 0.0147. The van der Waals surface area contributed by atoms with Gasteiger partial charge in [0.25, 0.3) is 11.6 Å². The van der Waals surface area contributed by atoms with Gasteiger partial charge in [0.05, 0.1) is 10.5 Å². The van der Waals surface area contributed by atoms with Gasteiger partial charge in [-0.15, -0.1) is 0 Å². The standard InChI is InChI=1S/C15H12ClN3O5/c16-9-2-1-3-10(6-9)18-14(20)8-24-15(21)12-7-11(19(22)23)4-5-13(12)17/h1-7H,8,17H2,(H,18,20). The SMILES string of the molecule is Nc1ccc([N+](=O)[O-])cc1C(=O)OCC(=O)Nc1cccc(Cl)c1. The first kappa shape index (κ1) is 17.2. The number of benzene rings is 2. The molecule has 2 rings (SSSR count). The monoisotopic (exact) mass is 349 g/mol. The van der Waals surface area contributed by atoms with E-state index >= 15 is 0 Å². The number of nitro groups is 1. The molecule has 0 aromatic heterocycles. The summed E-state index contributed by atoms with van der Waals surface area (Å²) in [5.74, 6) is -1.52. The maximum atomic E-state index is 11.9. The molecule has 0 bridgehead atoms. The Morgan fingerprint density at radius 2 is 2.00 bits per heavy atom. The number of hydrogen-bond donors (Lipinski definition) is 2. The Bertz CT molecular complexity index is 809.